The number of aromatic nitrogens is 2. The largest absolute Gasteiger partial charge is 0.351 e. The molecule has 1 N–H and O–H groups in total. The maximum atomic E-state index is 12.2. The van der Waals surface area contributed by atoms with Crippen LogP contribution in [0.1, 0.15) is 42.6 Å². The summed E-state index contributed by atoms with van der Waals surface area (Å²) < 4.78 is 0. The summed E-state index contributed by atoms with van der Waals surface area (Å²) in [6.07, 6.45) is 7.49. The number of rotatable bonds is 6. The van der Waals surface area contributed by atoms with E-state index in [2.05, 4.69) is 25.1 Å². The van der Waals surface area contributed by atoms with Crippen LogP contribution in [0.2, 0.25) is 0 Å². The number of carbonyl (C=O) groups excluding carboxylic acids is 1. The molecule has 6 heteroatoms. The van der Waals surface area contributed by atoms with Gasteiger partial charge in [-0.2, -0.15) is 0 Å². The summed E-state index contributed by atoms with van der Waals surface area (Å²) in [6, 6.07) is 1.68. The Bertz CT molecular complexity index is 469. The van der Waals surface area contributed by atoms with Crippen LogP contribution in [0.3, 0.4) is 0 Å². The smallest absolute Gasteiger partial charge is 0.270 e. The number of nitrogens with one attached hydrogen (secondary N) is 1. The van der Waals surface area contributed by atoms with Crippen LogP contribution < -0.4 is 10.2 Å². The molecule has 2 rings (SSSR count). The van der Waals surface area contributed by atoms with E-state index in [-0.39, 0.29) is 5.91 Å². The van der Waals surface area contributed by atoms with Crippen LogP contribution >= 0.6 is 0 Å². The van der Waals surface area contributed by atoms with Crippen molar-refractivity contribution in [2.45, 2.75) is 32.1 Å². The first-order chi connectivity index (χ1) is 10.7. The van der Waals surface area contributed by atoms with Gasteiger partial charge in [0, 0.05) is 25.8 Å². The molecule has 122 valence electrons. The van der Waals surface area contributed by atoms with E-state index in [1.165, 1.54) is 25.7 Å². The Balaban J connectivity index is 1.90. The summed E-state index contributed by atoms with van der Waals surface area (Å²) in [5.74, 6) is 0.570. The zero-order valence-corrected chi connectivity index (χ0v) is 13.7. The van der Waals surface area contributed by atoms with Gasteiger partial charge >= 0.3 is 0 Å². The number of anilines is 1. The van der Waals surface area contributed by atoms with Crippen molar-refractivity contribution in [1.29, 1.82) is 0 Å². The molecule has 1 aromatic rings. The van der Waals surface area contributed by atoms with E-state index in [4.69, 9.17) is 0 Å². The molecule has 1 saturated heterocycles. The molecule has 0 spiro atoms. The molecule has 2 heterocycles. The third kappa shape index (κ3) is 5.26. The van der Waals surface area contributed by atoms with Crippen LogP contribution in [0.25, 0.3) is 0 Å². The van der Waals surface area contributed by atoms with Crippen molar-refractivity contribution in [1.82, 2.24) is 20.2 Å². The van der Waals surface area contributed by atoms with E-state index in [0.29, 0.717) is 18.2 Å². The van der Waals surface area contributed by atoms with Crippen molar-refractivity contribution in [2.75, 3.05) is 45.2 Å². The van der Waals surface area contributed by atoms with E-state index >= 15 is 0 Å². The molecule has 1 amide bonds. The second kappa shape index (κ2) is 8.68. The minimum absolute atomic E-state index is 0.114. The molecule has 1 aliphatic heterocycles. The number of hydrogen-bond donors (Lipinski definition) is 1. The number of nitrogens with zero attached hydrogens (tertiary/aromatic N) is 4. The molecule has 1 aromatic heterocycles. The predicted octanol–water partition coefficient (Wildman–Crippen LogP) is 1.54. The highest BCUT2D eigenvalue weighted by atomic mass is 16.1. The molecular formula is C16H27N5O. The first-order valence-corrected chi connectivity index (χ1v) is 8.18. The lowest BCUT2D eigenvalue weighted by molar-refractivity contribution is 0.0947. The third-order valence-corrected chi connectivity index (χ3v) is 3.83. The molecule has 0 unspecified atom stereocenters. The van der Waals surface area contributed by atoms with Gasteiger partial charge < -0.3 is 15.1 Å². The van der Waals surface area contributed by atoms with Crippen LogP contribution in [0.4, 0.5) is 5.95 Å². The van der Waals surface area contributed by atoms with Crippen LogP contribution in [-0.4, -0.2) is 61.0 Å². The number of amides is 1. The molecule has 0 aliphatic carbocycles. The van der Waals surface area contributed by atoms with Gasteiger partial charge in [-0.25, -0.2) is 9.97 Å². The van der Waals surface area contributed by atoms with Gasteiger partial charge in [-0.1, -0.05) is 12.8 Å². The molecule has 0 radical (unpaired) electrons. The Morgan fingerprint density at radius 1 is 1.27 bits per heavy atom. The average molecular weight is 305 g/mol. The average Bonchev–Trinajstić information content (AvgIpc) is 2.80. The second-order valence-corrected chi connectivity index (χ2v) is 6.06. The monoisotopic (exact) mass is 305 g/mol. The van der Waals surface area contributed by atoms with E-state index in [9.17, 15) is 4.79 Å². The zero-order valence-electron chi connectivity index (χ0n) is 13.7. The predicted molar refractivity (Wildman–Crippen MR) is 88.2 cm³/mol. The topological polar surface area (TPSA) is 61.4 Å². The molecule has 0 aromatic carbocycles. The fourth-order valence-electron chi connectivity index (χ4n) is 2.59. The minimum Gasteiger partial charge on any atom is -0.351 e. The molecule has 6 nitrogen and oxygen atoms in total. The number of carbonyl (C=O) groups is 1. The summed E-state index contributed by atoms with van der Waals surface area (Å²) in [7, 11) is 4.05. The molecule has 1 fully saturated rings. The molecule has 0 bridgehead atoms. The Morgan fingerprint density at radius 2 is 2.00 bits per heavy atom. The van der Waals surface area contributed by atoms with Gasteiger partial charge in [-0.15, -0.1) is 0 Å². The van der Waals surface area contributed by atoms with Gasteiger partial charge in [0.25, 0.3) is 5.91 Å². The van der Waals surface area contributed by atoms with Crippen molar-refractivity contribution in [3.05, 3.63) is 18.0 Å². The Labute approximate surface area is 132 Å². The fourth-order valence-corrected chi connectivity index (χ4v) is 2.59. The molecule has 1 aliphatic rings. The summed E-state index contributed by atoms with van der Waals surface area (Å²) in [4.78, 5) is 25.2. The van der Waals surface area contributed by atoms with Gasteiger partial charge in [0.15, 0.2) is 0 Å². The first-order valence-electron chi connectivity index (χ1n) is 8.18. The second-order valence-electron chi connectivity index (χ2n) is 6.06. The molecule has 22 heavy (non-hydrogen) atoms. The zero-order chi connectivity index (χ0) is 15.8. The fraction of sp³-hybridized carbons (Fsp3) is 0.688. The number of hydrogen-bond acceptors (Lipinski definition) is 5. The van der Waals surface area contributed by atoms with Gasteiger partial charge in [-0.05, 0) is 46.0 Å². The van der Waals surface area contributed by atoms with Gasteiger partial charge in [0.2, 0.25) is 5.95 Å². The van der Waals surface area contributed by atoms with Crippen LogP contribution in [-0.2, 0) is 0 Å². The first kappa shape index (κ1) is 16.7. The van der Waals surface area contributed by atoms with Crippen molar-refractivity contribution >= 4 is 11.9 Å². The summed E-state index contributed by atoms with van der Waals surface area (Å²) in [6.45, 7) is 3.59. The summed E-state index contributed by atoms with van der Waals surface area (Å²) >= 11 is 0. The molecular weight excluding hydrogens is 278 g/mol. The lowest BCUT2D eigenvalue weighted by Crippen LogP contribution is -2.30. The van der Waals surface area contributed by atoms with Gasteiger partial charge in [-0.3, -0.25) is 4.79 Å². The van der Waals surface area contributed by atoms with E-state index in [0.717, 1.165) is 26.1 Å². The van der Waals surface area contributed by atoms with Crippen molar-refractivity contribution < 1.29 is 4.79 Å². The Kier molecular flexibility index (Phi) is 6.58. The van der Waals surface area contributed by atoms with Crippen molar-refractivity contribution in [2.24, 2.45) is 0 Å². The molecule has 0 atom stereocenters. The normalized spacial score (nSPS) is 15.7. The highest BCUT2D eigenvalue weighted by molar-refractivity contribution is 5.92. The Morgan fingerprint density at radius 3 is 2.68 bits per heavy atom. The Hall–Kier alpha value is -1.69. The SMILES string of the molecule is CN(C)CCCNC(=O)c1ccnc(N2CCCCCC2)n1. The lowest BCUT2D eigenvalue weighted by atomic mass is 10.2. The van der Waals surface area contributed by atoms with Crippen molar-refractivity contribution in [3.63, 3.8) is 0 Å². The van der Waals surface area contributed by atoms with Crippen LogP contribution in [0.5, 0.6) is 0 Å². The highest BCUT2D eigenvalue weighted by Gasteiger charge is 2.14. The van der Waals surface area contributed by atoms with E-state index < -0.39 is 0 Å². The third-order valence-electron chi connectivity index (χ3n) is 3.83. The standard InChI is InChI=1S/C16H27N5O/c1-20(2)11-7-9-17-15(22)14-8-10-18-16(19-14)21-12-5-3-4-6-13-21/h8,10H,3-7,9,11-13H2,1-2H3,(H,17,22). The quantitative estimate of drug-likeness (QED) is 0.808. The minimum atomic E-state index is -0.114. The van der Waals surface area contributed by atoms with E-state index in [1.807, 2.05) is 14.1 Å². The summed E-state index contributed by atoms with van der Waals surface area (Å²) in [5.41, 5.74) is 0.458. The molecule has 0 saturated carbocycles. The van der Waals surface area contributed by atoms with Crippen molar-refractivity contribution in [3.8, 4) is 0 Å². The van der Waals surface area contributed by atoms with Crippen LogP contribution in [0, 0.1) is 0 Å². The van der Waals surface area contributed by atoms with E-state index in [1.54, 1.807) is 12.3 Å². The van der Waals surface area contributed by atoms with Gasteiger partial charge in [0.05, 0.1) is 0 Å². The summed E-state index contributed by atoms with van der Waals surface area (Å²) in [5, 5.41) is 2.92. The maximum Gasteiger partial charge on any atom is 0.270 e. The maximum absolute atomic E-state index is 12.2. The lowest BCUT2D eigenvalue weighted by Gasteiger charge is -2.20. The van der Waals surface area contributed by atoms with Crippen LogP contribution in [0.15, 0.2) is 12.3 Å². The van der Waals surface area contributed by atoms with Gasteiger partial charge in [0.1, 0.15) is 5.69 Å². The highest BCUT2D eigenvalue weighted by Crippen LogP contribution is 2.15.